The number of hydrogen-bond acceptors (Lipinski definition) is 8. The molecule has 0 aliphatic heterocycles. The van der Waals surface area contributed by atoms with Crippen LogP contribution in [0, 0.1) is 11.8 Å². The molecule has 36 heavy (non-hydrogen) atoms. The molecule has 0 saturated heterocycles. The maximum Gasteiger partial charge on any atom is 0.418 e. The molecule has 2 atom stereocenters. The van der Waals surface area contributed by atoms with Crippen LogP contribution in [-0.4, -0.2) is 37.0 Å². The Labute approximate surface area is 209 Å². The van der Waals surface area contributed by atoms with Crippen LogP contribution in [0.4, 0.5) is 0 Å². The zero-order valence-electron chi connectivity index (χ0n) is 20.8. The van der Waals surface area contributed by atoms with Gasteiger partial charge in [-0.25, -0.2) is 9.59 Å². The van der Waals surface area contributed by atoms with E-state index in [0.29, 0.717) is 36.5 Å². The Morgan fingerprint density at radius 2 is 0.917 bits per heavy atom. The fraction of sp³-hybridized carbons (Fsp3) is 0.385. The fourth-order valence-electron chi connectivity index (χ4n) is 2.89. The first-order valence-electron chi connectivity index (χ1n) is 11.4. The van der Waals surface area contributed by atoms with E-state index in [9.17, 15) is 19.2 Å². The lowest BCUT2D eigenvalue weighted by molar-refractivity contribution is -0.176. The quantitative estimate of drug-likeness (QED) is 0.332. The third-order valence-corrected chi connectivity index (χ3v) is 4.67. The Balaban J connectivity index is 2.07. The molecule has 0 bridgehead atoms. The van der Waals surface area contributed by atoms with Crippen molar-refractivity contribution in [3.63, 3.8) is 0 Å². The fourth-order valence-corrected chi connectivity index (χ4v) is 2.89. The third kappa shape index (κ3) is 8.61. The van der Waals surface area contributed by atoms with Crippen LogP contribution in [0.2, 0.25) is 0 Å². The number of ether oxygens (including phenoxy) is 4. The first-order valence-corrected chi connectivity index (χ1v) is 11.4. The Morgan fingerprint density at radius 1 is 0.611 bits per heavy atom. The van der Waals surface area contributed by atoms with Gasteiger partial charge in [0.05, 0.1) is 13.2 Å². The van der Waals surface area contributed by atoms with Gasteiger partial charge in [0.1, 0.15) is 11.5 Å². The Kier molecular flexibility index (Phi) is 10.3. The van der Waals surface area contributed by atoms with Crippen LogP contribution >= 0.6 is 0 Å². The smallest absolute Gasteiger partial charge is 0.418 e. The summed E-state index contributed by atoms with van der Waals surface area (Å²) < 4.78 is 21.1. The first-order chi connectivity index (χ1) is 17.0. The van der Waals surface area contributed by atoms with Gasteiger partial charge in [-0.1, -0.05) is 52.0 Å². The van der Waals surface area contributed by atoms with Crippen molar-refractivity contribution in [2.45, 2.75) is 39.9 Å². The van der Waals surface area contributed by atoms with Gasteiger partial charge in [0.25, 0.3) is 11.8 Å². The van der Waals surface area contributed by atoms with E-state index in [1.165, 1.54) is 24.3 Å². The van der Waals surface area contributed by atoms with Gasteiger partial charge in [-0.3, -0.25) is 9.59 Å². The molecule has 0 saturated carbocycles. The molecular formula is C26H32N2O8. The van der Waals surface area contributed by atoms with Crippen LogP contribution in [0.1, 0.15) is 51.0 Å². The van der Waals surface area contributed by atoms with Crippen molar-refractivity contribution in [2.24, 2.45) is 23.3 Å². The normalized spacial score (nSPS) is 12.5. The molecule has 0 aliphatic carbocycles. The maximum atomic E-state index is 12.4. The van der Waals surface area contributed by atoms with Crippen molar-refractivity contribution in [2.75, 3.05) is 13.2 Å². The summed E-state index contributed by atoms with van der Waals surface area (Å²) >= 11 is 0. The molecule has 0 heterocycles. The van der Waals surface area contributed by atoms with Crippen LogP contribution in [0.25, 0.3) is 0 Å². The van der Waals surface area contributed by atoms with Gasteiger partial charge in [-0.2, -0.15) is 0 Å². The van der Waals surface area contributed by atoms with Crippen LogP contribution in [-0.2, 0) is 28.7 Å². The molecule has 2 rings (SSSR count). The summed E-state index contributed by atoms with van der Waals surface area (Å²) in [6.07, 6.45) is -3.12. The highest BCUT2D eigenvalue weighted by Gasteiger charge is 2.31. The second-order valence-corrected chi connectivity index (χ2v) is 8.92. The Bertz CT molecular complexity index is 963. The average molecular weight is 501 g/mol. The predicted octanol–water partition coefficient (Wildman–Crippen LogP) is 2.60. The van der Waals surface area contributed by atoms with E-state index in [1.807, 2.05) is 27.7 Å². The van der Waals surface area contributed by atoms with Crippen LogP contribution in [0.3, 0.4) is 0 Å². The van der Waals surface area contributed by atoms with Gasteiger partial charge in [0.15, 0.2) is 0 Å². The summed E-state index contributed by atoms with van der Waals surface area (Å²) in [6.45, 7) is 8.97. The molecule has 2 unspecified atom stereocenters. The number of nitrogens with two attached hydrogens (primary N) is 2. The largest absolute Gasteiger partial charge is 0.493 e. The number of hydrogen-bond donors (Lipinski definition) is 2. The number of benzene rings is 2. The van der Waals surface area contributed by atoms with Gasteiger partial charge in [-0.15, -0.1) is 0 Å². The van der Waals surface area contributed by atoms with E-state index in [0.717, 1.165) is 0 Å². The number of primary amides is 2. The van der Waals surface area contributed by atoms with E-state index < -0.39 is 36.0 Å². The minimum atomic E-state index is -1.56. The molecule has 0 radical (unpaired) electrons. The molecule has 0 aromatic heterocycles. The number of esters is 2. The van der Waals surface area contributed by atoms with E-state index in [2.05, 4.69) is 0 Å². The van der Waals surface area contributed by atoms with Crippen molar-refractivity contribution >= 4 is 23.8 Å². The van der Waals surface area contributed by atoms with Crippen molar-refractivity contribution in [3.8, 4) is 11.5 Å². The SMILES string of the molecule is CC(C)COc1ccc(C(OC(=O)C(=O)OC(C(N)=O)c2ccc(OCC(C)C)cc2)C(N)=O)cc1. The van der Waals surface area contributed by atoms with Crippen LogP contribution in [0.5, 0.6) is 11.5 Å². The second kappa shape index (κ2) is 13.1. The first kappa shape index (κ1) is 28.2. The highest BCUT2D eigenvalue weighted by molar-refractivity contribution is 6.30. The van der Waals surface area contributed by atoms with Crippen LogP contribution in [0.15, 0.2) is 48.5 Å². The zero-order valence-corrected chi connectivity index (χ0v) is 20.8. The minimum Gasteiger partial charge on any atom is -0.493 e. The lowest BCUT2D eigenvalue weighted by Gasteiger charge is -2.18. The number of amides is 2. The van der Waals surface area contributed by atoms with Gasteiger partial charge in [0.2, 0.25) is 12.2 Å². The van der Waals surface area contributed by atoms with Crippen molar-refractivity contribution in [3.05, 3.63) is 59.7 Å². The highest BCUT2D eigenvalue weighted by atomic mass is 16.6. The van der Waals surface area contributed by atoms with Gasteiger partial charge in [-0.05, 0) is 36.1 Å². The summed E-state index contributed by atoms with van der Waals surface area (Å²) in [6, 6.07) is 12.3. The molecule has 0 spiro atoms. The molecule has 194 valence electrons. The number of carbonyl (C=O) groups excluding carboxylic acids is 4. The van der Waals surface area contributed by atoms with Crippen molar-refractivity contribution < 1.29 is 38.1 Å². The molecular weight excluding hydrogens is 468 g/mol. The van der Waals surface area contributed by atoms with Crippen molar-refractivity contribution in [1.82, 2.24) is 0 Å². The van der Waals surface area contributed by atoms with Gasteiger partial charge >= 0.3 is 11.9 Å². The average Bonchev–Trinajstić information content (AvgIpc) is 2.83. The molecule has 0 aliphatic rings. The third-order valence-electron chi connectivity index (χ3n) is 4.67. The van der Waals surface area contributed by atoms with E-state index >= 15 is 0 Å². The summed E-state index contributed by atoms with van der Waals surface area (Å²) in [5.74, 6) is -3.31. The molecule has 2 aromatic rings. The zero-order chi connectivity index (χ0) is 26.8. The number of carbonyl (C=O) groups is 4. The van der Waals surface area contributed by atoms with E-state index in [-0.39, 0.29) is 11.1 Å². The Morgan fingerprint density at radius 3 is 1.17 bits per heavy atom. The highest BCUT2D eigenvalue weighted by Crippen LogP contribution is 2.24. The topological polar surface area (TPSA) is 157 Å². The lowest BCUT2D eigenvalue weighted by Crippen LogP contribution is -2.33. The van der Waals surface area contributed by atoms with Crippen LogP contribution < -0.4 is 20.9 Å². The second-order valence-electron chi connectivity index (χ2n) is 8.92. The summed E-state index contributed by atoms with van der Waals surface area (Å²) in [5.41, 5.74) is 11.2. The lowest BCUT2D eigenvalue weighted by atomic mass is 10.1. The monoisotopic (exact) mass is 500 g/mol. The van der Waals surface area contributed by atoms with Gasteiger partial charge in [0, 0.05) is 11.1 Å². The summed E-state index contributed by atoms with van der Waals surface area (Å²) in [7, 11) is 0. The molecule has 2 aromatic carbocycles. The standard InChI is InChI=1S/C26H32N2O8/c1-15(2)13-33-19-9-5-17(6-10-19)21(23(27)29)35-25(31)26(32)36-22(24(28)30)18-7-11-20(12-8-18)34-14-16(3)4/h5-12,15-16,21-22H,13-14H2,1-4H3,(H2,27,29)(H2,28,30). The van der Waals surface area contributed by atoms with Crippen molar-refractivity contribution in [1.29, 1.82) is 0 Å². The molecule has 10 nitrogen and oxygen atoms in total. The van der Waals surface area contributed by atoms with E-state index in [1.54, 1.807) is 24.3 Å². The molecule has 10 heteroatoms. The summed E-state index contributed by atoms with van der Waals surface area (Å²) in [5, 5.41) is 0. The number of rotatable bonds is 12. The minimum absolute atomic E-state index is 0.226. The summed E-state index contributed by atoms with van der Waals surface area (Å²) in [4.78, 5) is 48.6. The molecule has 2 amide bonds. The Hall–Kier alpha value is -4.08. The van der Waals surface area contributed by atoms with Gasteiger partial charge < -0.3 is 30.4 Å². The molecule has 0 fully saturated rings. The van der Waals surface area contributed by atoms with E-state index in [4.69, 9.17) is 30.4 Å². The predicted molar refractivity (Wildman–Crippen MR) is 130 cm³/mol. The molecule has 4 N–H and O–H groups in total. The maximum absolute atomic E-state index is 12.4.